The average Bonchev–Trinajstić information content (AvgIpc) is 3.52. The van der Waals surface area contributed by atoms with E-state index in [4.69, 9.17) is 5.11 Å². The molecular weight excluding hydrogens is 474 g/mol. The van der Waals surface area contributed by atoms with Crippen LogP contribution in [0.3, 0.4) is 0 Å². The molecule has 3 rings (SSSR count). The molecule has 13 nitrogen and oxygen atoms in total. The van der Waals surface area contributed by atoms with Gasteiger partial charge in [-0.1, -0.05) is 18.2 Å². The summed E-state index contributed by atoms with van der Waals surface area (Å²) in [5, 5.41) is 39.0. The lowest BCUT2D eigenvalue weighted by molar-refractivity contribution is -0.143. The average molecular weight is 504 g/mol. The van der Waals surface area contributed by atoms with Crippen molar-refractivity contribution in [2.75, 3.05) is 13.2 Å². The van der Waals surface area contributed by atoms with Crippen LogP contribution >= 0.6 is 0 Å². The Bertz CT molecular complexity index is 1130. The van der Waals surface area contributed by atoms with Gasteiger partial charge < -0.3 is 41.6 Å². The molecular formula is C23H29N5O8. The highest BCUT2D eigenvalue weighted by molar-refractivity contribution is 5.96. The standard InChI is InChI=1S/C23H29N5O8/c29-11-18(28-21(33)16(9-19(30)31)26-20(32)15-6-3-7-24-15)22(34)27-17(23(35)36)8-12-10-25-14-5-2-1-4-13(12)14/h1-2,4-5,10,15-18,24-25,29H,3,6-9,11H2,(H,26,32)(H,27,34)(H,28,33)(H,30,31)(H,35,36). The van der Waals surface area contributed by atoms with Crippen molar-refractivity contribution in [2.24, 2.45) is 0 Å². The normalized spacial score (nSPS) is 17.6. The van der Waals surface area contributed by atoms with E-state index in [0.717, 1.165) is 17.3 Å². The van der Waals surface area contributed by atoms with Gasteiger partial charge in [0, 0.05) is 23.5 Å². The number of aromatic amines is 1. The smallest absolute Gasteiger partial charge is 0.326 e. The number of carbonyl (C=O) groups is 5. The van der Waals surface area contributed by atoms with Crippen molar-refractivity contribution in [1.29, 1.82) is 0 Å². The van der Waals surface area contributed by atoms with E-state index in [0.29, 0.717) is 18.5 Å². The van der Waals surface area contributed by atoms with Crippen LogP contribution in [0.25, 0.3) is 10.9 Å². The zero-order valence-electron chi connectivity index (χ0n) is 19.3. The maximum Gasteiger partial charge on any atom is 0.326 e. The van der Waals surface area contributed by atoms with Crippen LogP contribution in [0, 0.1) is 0 Å². The van der Waals surface area contributed by atoms with E-state index in [1.807, 2.05) is 12.1 Å². The third kappa shape index (κ3) is 6.79. The van der Waals surface area contributed by atoms with Crippen molar-refractivity contribution in [2.45, 2.75) is 49.9 Å². The Morgan fingerprint density at radius 3 is 2.31 bits per heavy atom. The molecule has 1 fully saturated rings. The maximum absolute atomic E-state index is 12.7. The Balaban J connectivity index is 1.65. The van der Waals surface area contributed by atoms with E-state index in [2.05, 4.69) is 26.3 Å². The quantitative estimate of drug-likeness (QED) is 0.169. The van der Waals surface area contributed by atoms with Crippen molar-refractivity contribution >= 4 is 40.6 Å². The fourth-order valence-corrected chi connectivity index (χ4v) is 4.02. The second-order valence-corrected chi connectivity index (χ2v) is 8.51. The number of para-hydroxylation sites is 1. The molecule has 1 aromatic heterocycles. The Hall–Kier alpha value is -3.97. The number of fused-ring (bicyclic) bond motifs is 1. The summed E-state index contributed by atoms with van der Waals surface area (Å²) >= 11 is 0. The van der Waals surface area contributed by atoms with Crippen LogP contribution in [0.2, 0.25) is 0 Å². The fraction of sp³-hybridized carbons (Fsp3) is 0.435. The Labute approximate surface area is 205 Å². The van der Waals surface area contributed by atoms with Crippen LogP contribution in [0.4, 0.5) is 0 Å². The number of carbonyl (C=O) groups excluding carboxylic acids is 3. The molecule has 3 amide bonds. The molecule has 1 aliphatic heterocycles. The molecule has 4 unspecified atom stereocenters. The SMILES string of the molecule is O=C(O)CC(NC(=O)C1CCCN1)C(=O)NC(CO)C(=O)NC(Cc1c[nH]c2ccccc12)C(=O)O. The Kier molecular flexibility index (Phi) is 8.97. The molecule has 2 aromatic rings. The van der Waals surface area contributed by atoms with Gasteiger partial charge >= 0.3 is 11.9 Å². The first-order valence-electron chi connectivity index (χ1n) is 11.4. The van der Waals surface area contributed by atoms with Crippen molar-refractivity contribution < 1.29 is 39.3 Å². The van der Waals surface area contributed by atoms with Gasteiger partial charge in [0.1, 0.15) is 18.1 Å². The van der Waals surface area contributed by atoms with Crippen molar-refractivity contribution in [3.8, 4) is 0 Å². The van der Waals surface area contributed by atoms with Gasteiger partial charge in [-0.15, -0.1) is 0 Å². The molecule has 0 bridgehead atoms. The molecule has 0 saturated carbocycles. The highest BCUT2D eigenvalue weighted by Gasteiger charge is 2.32. The molecule has 13 heteroatoms. The number of H-pyrrole nitrogens is 1. The number of nitrogens with one attached hydrogen (secondary N) is 5. The Morgan fingerprint density at radius 2 is 1.67 bits per heavy atom. The van der Waals surface area contributed by atoms with Crippen molar-refractivity contribution in [3.63, 3.8) is 0 Å². The highest BCUT2D eigenvalue weighted by Crippen LogP contribution is 2.19. The molecule has 4 atom stereocenters. The summed E-state index contributed by atoms with van der Waals surface area (Å²) in [6.45, 7) is -0.265. The fourth-order valence-electron chi connectivity index (χ4n) is 4.02. The highest BCUT2D eigenvalue weighted by atomic mass is 16.4. The molecule has 0 spiro atoms. The maximum atomic E-state index is 12.7. The van der Waals surface area contributed by atoms with Gasteiger partial charge in [-0.25, -0.2) is 4.79 Å². The first-order valence-corrected chi connectivity index (χ1v) is 11.4. The second-order valence-electron chi connectivity index (χ2n) is 8.51. The lowest BCUT2D eigenvalue weighted by Gasteiger charge is -2.23. The lowest BCUT2D eigenvalue weighted by atomic mass is 10.0. The molecule has 1 aromatic carbocycles. The molecule has 8 N–H and O–H groups in total. The minimum absolute atomic E-state index is 0.0662. The third-order valence-corrected chi connectivity index (χ3v) is 5.92. The second kappa shape index (κ2) is 12.1. The van der Waals surface area contributed by atoms with Gasteiger partial charge in [0.15, 0.2) is 0 Å². The Morgan fingerprint density at radius 1 is 0.972 bits per heavy atom. The minimum atomic E-state index is -1.57. The number of aliphatic hydroxyl groups excluding tert-OH is 1. The largest absolute Gasteiger partial charge is 0.481 e. The third-order valence-electron chi connectivity index (χ3n) is 5.92. The van der Waals surface area contributed by atoms with Gasteiger partial charge in [-0.2, -0.15) is 0 Å². The zero-order chi connectivity index (χ0) is 26.2. The van der Waals surface area contributed by atoms with Gasteiger partial charge in [-0.05, 0) is 31.0 Å². The van der Waals surface area contributed by atoms with Crippen molar-refractivity contribution in [3.05, 3.63) is 36.0 Å². The van der Waals surface area contributed by atoms with Crippen LogP contribution in [0.5, 0.6) is 0 Å². The first kappa shape index (κ1) is 26.6. The van der Waals surface area contributed by atoms with E-state index in [-0.39, 0.29) is 6.42 Å². The van der Waals surface area contributed by atoms with E-state index in [1.165, 1.54) is 0 Å². The number of aliphatic hydroxyl groups is 1. The van der Waals surface area contributed by atoms with Crippen molar-refractivity contribution in [1.82, 2.24) is 26.3 Å². The molecule has 194 valence electrons. The number of rotatable bonds is 12. The van der Waals surface area contributed by atoms with E-state index < -0.39 is 66.9 Å². The van der Waals surface area contributed by atoms with Crippen LogP contribution in [-0.2, 0) is 30.4 Å². The summed E-state index contributed by atoms with van der Waals surface area (Å²) in [5.41, 5.74) is 1.44. The summed E-state index contributed by atoms with van der Waals surface area (Å²) in [5.74, 6) is -5.21. The summed E-state index contributed by atoms with van der Waals surface area (Å²) in [6.07, 6.45) is 2.11. The number of aliphatic carboxylic acids is 2. The monoisotopic (exact) mass is 503 g/mol. The van der Waals surface area contributed by atoms with E-state index >= 15 is 0 Å². The first-order chi connectivity index (χ1) is 17.2. The predicted molar refractivity (Wildman–Crippen MR) is 126 cm³/mol. The topological polar surface area (TPSA) is 210 Å². The van der Waals surface area contributed by atoms with Gasteiger partial charge in [0.2, 0.25) is 17.7 Å². The van der Waals surface area contributed by atoms with E-state index in [1.54, 1.807) is 18.3 Å². The summed E-state index contributed by atoms with van der Waals surface area (Å²) < 4.78 is 0. The predicted octanol–water partition coefficient (Wildman–Crippen LogP) is -1.53. The van der Waals surface area contributed by atoms with Crippen LogP contribution in [0.1, 0.15) is 24.8 Å². The molecule has 36 heavy (non-hydrogen) atoms. The molecule has 1 aliphatic rings. The summed E-state index contributed by atoms with van der Waals surface area (Å²) in [6, 6.07) is 2.23. The number of hydrogen-bond donors (Lipinski definition) is 8. The number of carboxylic acid groups (broad SMARTS) is 2. The molecule has 0 aliphatic carbocycles. The van der Waals surface area contributed by atoms with Crippen LogP contribution < -0.4 is 21.3 Å². The minimum Gasteiger partial charge on any atom is -0.481 e. The van der Waals surface area contributed by atoms with E-state index in [9.17, 15) is 34.2 Å². The summed E-state index contributed by atoms with van der Waals surface area (Å²) in [4.78, 5) is 63.8. The number of amides is 3. The molecule has 2 heterocycles. The number of carboxylic acids is 2. The number of hydrogen-bond acceptors (Lipinski definition) is 7. The number of aromatic nitrogens is 1. The molecule has 1 saturated heterocycles. The summed E-state index contributed by atoms with van der Waals surface area (Å²) in [7, 11) is 0. The zero-order valence-corrected chi connectivity index (χ0v) is 19.3. The van der Waals surface area contributed by atoms with Gasteiger partial charge in [0.05, 0.1) is 19.1 Å². The van der Waals surface area contributed by atoms with Crippen LogP contribution in [-0.4, -0.2) is 87.3 Å². The number of benzene rings is 1. The van der Waals surface area contributed by atoms with Gasteiger partial charge in [-0.3, -0.25) is 19.2 Å². The van der Waals surface area contributed by atoms with Crippen LogP contribution in [0.15, 0.2) is 30.5 Å². The van der Waals surface area contributed by atoms with Gasteiger partial charge in [0.25, 0.3) is 0 Å². The molecule has 0 radical (unpaired) electrons. The lowest BCUT2D eigenvalue weighted by Crippen LogP contribution is -2.58.